The topological polar surface area (TPSA) is 128 Å². The van der Waals surface area contributed by atoms with Crippen molar-refractivity contribution in [2.45, 2.75) is 23.5 Å². The van der Waals surface area contributed by atoms with E-state index in [-0.39, 0.29) is 11.6 Å². The molecule has 5 rings (SSSR count). The van der Waals surface area contributed by atoms with Gasteiger partial charge in [-0.05, 0) is 78.7 Å². The summed E-state index contributed by atoms with van der Waals surface area (Å²) in [5.74, 6) is 0.690. The van der Waals surface area contributed by atoms with Crippen LogP contribution in [0.5, 0.6) is 17.2 Å². The highest BCUT2D eigenvalue weighted by Gasteiger charge is 2.21. The highest BCUT2D eigenvalue weighted by atomic mass is 32.2. The third kappa shape index (κ3) is 9.30. The molecule has 5 aromatic rings. The molecule has 0 saturated carbocycles. The van der Waals surface area contributed by atoms with Crippen LogP contribution in [0.3, 0.4) is 0 Å². The Labute approximate surface area is 298 Å². The van der Waals surface area contributed by atoms with Crippen LogP contribution in [0.1, 0.15) is 29.3 Å². The summed E-state index contributed by atoms with van der Waals surface area (Å²) in [6, 6.07) is 28.6. The molecule has 0 aliphatic rings. The van der Waals surface area contributed by atoms with Gasteiger partial charge in [-0.15, -0.1) is 23.1 Å². The fourth-order valence-corrected chi connectivity index (χ4v) is 6.55. The van der Waals surface area contributed by atoms with Gasteiger partial charge in [-0.3, -0.25) is 14.4 Å². The number of carbonyl (C=O) groups excluding carboxylic acids is 3. The SMILES string of the molecule is CCC(Sc1cccc(NC(=O)/C(=C/c2cccc(OC)c2)NC(=O)c2ccccc2)c1)C(=O)Nc1nc(-c2ccc(OC)c(OC)c2)cs1. The summed E-state index contributed by atoms with van der Waals surface area (Å²) in [4.78, 5) is 45.4. The highest BCUT2D eigenvalue weighted by Crippen LogP contribution is 2.34. The molecular weight excluding hydrogens is 673 g/mol. The van der Waals surface area contributed by atoms with E-state index in [1.165, 1.54) is 23.1 Å². The smallest absolute Gasteiger partial charge is 0.272 e. The highest BCUT2D eigenvalue weighted by molar-refractivity contribution is 8.00. The summed E-state index contributed by atoms with van der Waals surface area (Å²) in [5, 5.41) is 10.5. The van der Waals surface area contributed by atoms with Gasteiger partial charge in [-0.25, -0.2) is 4.98 Å². The van der Waals surface area contributed by atoms with E-state index in [4.69, 9.17) is 14.2 Å². The van der Waals surface area contributed by atoms with Crippen molar-refractivity contribution in [2.24, 2.45) is 0 Å². The van der Waals surface area contributed by atoms with Crippen molar-refractivity contribution in [1.29, 1.82) is 0 Å². The fraction of sp³-hybridized carbons (Fsp3) is 0.158. The average molecular weight is 709 g/mol. The second kappa shape index (κ2) is 17.2. The molecule has 0 bridgehead atoms. The number of amides is 3. The molecule has 0 spiro atoms. The van der Waals surface area contributed by atoms with Gasteiger partial charge in [0, 0.05) is 27.1 Å². The van der Waals surface area contributed by atoms with E-state index in [9.17, 15) is 14.4 Å². The maximum absolute atomic E-state index is 13.6. The Bertz CT molecular complexity index is 2000. The minimum absolute atomic E-state index is 0.0480. The lowest BCUT2D eigenvalue weighted by atomic mass is 10.1. The molecule has 1 aromatic heterocycles. The molecule has 3 N–H and O–H groups in total. The maximum Gasteiger partial charge on any atom is 0.272 e. The Morgan fingerprint density at radius 3 is 2.36 bits per heavy atom. The maximum atomic E-state index is 13.6. The minimum Gasteiger partial charge on any atom is -0.497 e. The van der Waals surface area contributed by atoms with Crippen LogP contribution in [0.15, 0.2) is 113 Å². The second-order valence-electron chi connectivity index (χ2n) is 10.7. The van der Waals surface area contributed by atoms with Crippen molar-refractivity contribution >= 4 is 57.7 Å². The first-order chi connectivity index (χ1) is 24.3. The number of aromatic nitrogens is 1. The van der Waals surface area contributed by atoms with Crippen molar-refractivity contribution in [3.05, 3.63) is 119 Å². The van der Waals surface area contributed by atoms with E-state index in [0.717, 1.165) is 10.5 Å². The molecule has 50 heavy (non-hydrogen) atoms. The summed E-state index contributed by atoms with van der Waals surface area (Å²) in [5.41, 5.74) is 3.16. The van der Waals surface area contributed by atoms with Crippen LogP contribution in [0.25, 0.3) is 17.3 Å². The van der Waals surface area contributed by atoms with Gasteiger partial charge < -0.3 is 30.2 Å². The fourth-order valence-electron chi connectivity index (χ4n) is 4.82. The predicted molar refractivity (Wildman–Crippen MR) is 199 cm³/mol. The molecule has 0 aliphatic carbocycles. The number of thiazole rings is 1. The molecule has 10 nitrogen and oxygen atoms in total. The Morgan fingerprint density at radius 1 is 0.840 bits per heavy atom. The van der Waals surface area contributed by atoms with E-state index >= 15 is 0 Å². The number of nitrogens with one attached hydrogen (secondary N) is 3. The van der Waals surface area contributed by atoms with Gasteiger partial charge in [-0.1, -0.05) is 43.3 Å². The van der Waals surface area contributed by atoms with Gasteiger partial charge in [0.05, 0.1) is 32.3 Å². The zero-order valence-electron chi connectivity index (χ0n) is 27.9. The number of thioether (sulfide) groups is 1. The lowest BCUT2D eigenvalue weighted by molar-refractivity contribution is -0.116. The monoisotopic (exact) mass is 708 g/mol. The first-order valence-electron chi connectivity index (χ1n) is 15.6. The summed E-state index contributed by atoms with van der Waals surface area (Å²) in [6.45, 7) is 1.94. The Morgan fingerprint density at radius 2 is 1.62 bits per heavy atom. The molecule has 0 fully saturated rings. The average Bonchev–Trinajstić information content (AvgIpc) is 3.62. The quantitative estimate of drug-likeness (QED) is 0.0790. The van der Waals surface area contributed by atoms with Crippen LogP contribution in [-0.2, 0) is 9.59 Å². The molecule has 0 aliphatic heterocycles. The standard InChI is InChI=1S/C38H36N4O6S2/c1-5-34(37(45)42-38-41-31(23-49-38)26-17-18-32(47-3)33(21-26)48-4)50-29-16-10-14-27(22-29)39-36(44)30(20-24-11-9-15-28(19-24)46-2)40-35(43)25-12-7-6-8-13-25/h6-23,34H,5H2,1-4H3,(H,39,44)(H,40,43)(H,41,42,45)/b30-20-. The van der Waals surface area contributed by atoms with Crippen LogP contribution < -0.4 is 30.2 Å². The van der Waals surface area contributed by atoms with Crippen LogP contribution >= 0.6 is 23.1 Å². The zero-order chi connectivity index (χ0) is 35.5. The number of hydrogen-bond donors (Lipinski definition) is 3. The molecule has 0 radical (unpaired) electrons. The molecule has 3 amide bonds. The number of rotatable bonds is 14. The predicted octanol–water partition coefficient (Wildman–Crippen LogP) is 7.75. The van der Waals surface area contributed by atoms with E-state index < -0.39 is 17.1 Å². The van der Waals surface area contributed by atoms with E-state index in [0.29, 0.717) is 51.3 Å². The van der Waals surface area contributed by atoms with Crippen LogP contribution in [-0.4, -0.2) is 49.3 Å². The lowest BCUT2D eigenvalue weighted by Crippen LogP contribution is -2.30. The normalized spacial score (nSPS) is 11.6. The number of nitrogens with zero attached hydrogens (tertiary/aromatic N) is 1. The minimum atomic E-state index is -0.516. The molecule has 1 unspecified atom stereocenters. The van der Waals surface area contributed by atoms with Gasteiger partial charge >= 0.3 is 0 Å². The Kier molecular flexibility index (Phi) is 12.3. The molecule has 12 heteroatoms. The largest absolute Gasteiger partial charge is 0.497 e. The van der Waals surface area contributed by atoms with Crippen LogP contribution in [0.2, 0.25) is 0 Å². The summed E-state index contributed by atoms with van der Waals surface area (Å²) in [7, 11) is 4.71. The molecule has 1 heterocycles. The van der Waals surface area contributed by atoms with Crippen molar-refractivity contribution in [1.82, 2.24) is 10.3 Å². The third-order valence-electron chi connectivity index (χ3n) is 7.38. The van der Waals surface area contributed by atoms with Gasteiger partial charge in [0.2, 0.25) is 5.91 Å². The number of benzene rings is 4. The molecular formula is C38H36N4O6S2. The molecule has 256 valence electrons. The number of hydrogen-bond acceptors (Lipinski definition) is 9. The Hall–Kier alpha value is -5.59. The number of methoxy groups -OCH3 is 3. The van der Waals surface area contributed by atoms with Crippen LogP contribution in [0.4, 0.5) is 10.8 Å². The van der Waals surface area contributed by atoms with Crippen molar-refractivity contribution in [3.63, 3.8) is 0 Å². The number of carbonyl (C=O) groups is 3. The van der Waals surface area contributed by atoms with Gasteiger partial charge in [-0.2, -0.15) is 0 Å². The van der Waals surface area contributed by atoms with E-state index in [2.05, 4.69) is 20.9 Å². The first-order valence-corrected chi connectivity index (χ1v) is 17.3. The zero-order valence-corrected chi connectivity index (χ0v) is 29.5. The van der Waals surface area contributed by atoms with Crippen molar-refractivity contribution in [2.75, 3.05) is 32.0 Å². The first kappa shape index (κ1) is 35.7. The number of ether oxygens (including phenoxy) is 3. The van der Waals surface area contributed by atoms with Gasteiger partial charge in [0.1, 0.15) is 11.4 Å². The number of anilines is 2. The third-order valence-corrected chi connectivity index (χ3v) is 9.50. The van der Waals surface area contributed by atoms with Gasteiger partial charge in [0.25, 0.3) is 11.8 Å². The molecule has 1 atom stereocenters. The molecule has 4 aromatic carbocycles. The second-order valence-corrected chi connectivity index (χ2v) is 12.9. The summed E-state index contributed by atoms with van der Waals surface area (Å²) < 4.78 is 16.1. The van der Waals surface area contributed by atoms with Gasteiger partial charge in [0.15, 0.2) is 16.6 Å². The summed E-state index contributed by atoms with van der Waals surface area (Å²) in [6.07, 6.45) is 2.14. The van der Waals surface area contributed by atoms with Crippen molar-refractivity contribution < 1.29 is 28.6 Å². The van der Waals surface area contributed by atoms with E-state index in [1.54, 1.807) is 94.1 Å². The van der Waals surface area contributed by atoms with Crippen molar-refractivity contribution in [3.8, 4) is 28.5 Å². The Balaban J connectivity index is 1.28. The molecule has 0 saturated heterocycles. The van der Waals surface area contributed by atoms with Crippen LogP contribution in [0, 0.1) is 0 Å². The van der Waals surface area contributed by atoms with E-state index in [1.807, 2.05) is 42.6 Å². The summed E-state index contributed by atoms with van der Waals surface area (Å²) >= 11 is 2.71. The lowest BCUT2D eigenvalue weighted by Gasteiger charge is -2.15.